The highest BCUT2D eigenvalue weighted by molar-refractivity contribution is 7.94. The van der Waals surface area contributed by atoms with Gasteiger partial charge in [-0.1, -0.05) is 6.08 Å². The second-order valence-electron chi connectivity index (χ2n) is 3.93. The summed E-state index contributed by atoms with van der Waals surface area (Å²) in [6, 6.07) is 1.62. The van der Waals surface area contributed by atoms with Crippen LogP contribution in [-0.4, -0.2) is 32.3 Å². The van der Waals surface area contributed by atoms with Crippen LogP contribution in [0.1, 0.15) is 5.69 Å². The van der Waals surface area contributed by atoms with Gasteiger partial charge in [0, 0.05) is 11.1 Å². The number of aryl methyl sites for hydroxylation is 1. The van der Waals surface area contributed by atoms with Gasteiger partial charge in [-0.15, -0.1) is 0 Å². The number of anilines is 1. The van der Waals surface area contributed by atoms with Crippen molar-refractivity contribution in [3.63, 3.8) is 0 Å². The molecule has 1 aliphatic rings. The van der Waals surface area contributed by atoms with Gasteiger partial charge < -0.3 is 10.1 Å². The van der Waals surface area contributed by atoms with Crippen molar-refractivity contribution in [2.75, 3.05) is 18.2 Å². The first-order valence-electron chi connectivity index (χ1n) is 5.18. The number of nitrogens with one attached hydrogen (secondary N) is 1. The number of sulfone groups is 1. The summed E-state index contributed by atoms with van der Waals surface area (Å²) in [5, 5.41) is 4.37. The van der Waals surface area contributed by atoms with Gasteiger partial charge in [0.05, 0.1) is 30.8 Å². The molecule has 2 rings (SSSR count). The molecule has 0 radical (unpaired) electrons. The smallest absolute Gasteiger partial charge is 0.173 e. The van der Waals surface area contributed by atoms with E-state index >= 15 is 0 Å². The van der Waals surface area contributed by atoms with Crippen LogP contribution in [0.15, 0.2) is 23.7 Å². The number of ether oxygens (including phenoxy) is 1. The number of nitrogens with zero attached hydrogens (tertiary/aromatic N) is 1. The number of pyridine rings is 1. The average Bonchev–Trinajstić information content (AvgIpc) is 2.58. The average molecular weight is 254 g/mol. The third-order valence-electron chi connectivity index (χ3n) is 2.50. The molecular formula is C11H14N2O3S. The summed E-state index contributed by atoms with van der Waals surface area (Å²) >= 11 is 0. The monoisotopic (exact) mass is 254 g/mol. The molecule has 1 unspecified atom stereocenters. The van der Waals surface area contributed by atoms with E-state index in [1.165, 1.54) is 5.41 Å². The van der Waals surface area contributed by atoms with Crippen molar-refractivity contribution >= 4 is 15.5 Å². The van der Waals surface area contributed by atoms with Gasteiger partial charge >= 0.3 is 0 Å². The number of methoxy groups -OCH3 is 1. The number of hydrogen-bond donors (Lipinski definition) is 1. The summed E-state index contributed by atoms with van der Waals surface area (Å²) in [7, 11) is -1.49. The molecule has 0 fully saturated rings. The Hall–Kier alpha value is -1.56. The molecule has 0 spiro atoms. The van der Waals surface area contributed by atoms with Crippen LogP contribution in [0.4, 0.5) is 5.69 Å². The van der Waals surface area contributed by atoms with Crippen LogP contribution in [0, 0.1) is 6.92 Å². The zero-order chi connectivity index (χ0) is 12.5. The van der Waals surface area contributed by atoms with Crippen molar-refractivity contribution in [3.05, 3.63) is 29.4 Å². The van der Waals surface area contributed by atoms with E-state index in [0.717, 1.165) is 11.4 Å². The lowest BCUT2D eigenvalue weighted by Gasteiger charge is -2.14. The van der Waals surface area contributed by atoms with E-state index in [4.69, 9.17) is 4.74 Å². The maximum absolute atomic E-state index is 11.3. The fraction of sp³-hybridized carbons (Fsp3) is 0.364. The van der Waals surface area contributed by atoms with E-state index in [1.54, 1.807) is 19.4 Å². The van der Waals surface area contributed by atoms with Gasteiger partial charge in [0.1, 0.15) is 0 Å². The maximum Gasteiger partial charge on any atom is 0.173 e. The van der Waals surface area contributed by atoms with E-state index in [1.807, 2.05) is 13.0 Å². The molecule has 0 bridgehead atoms. The van der Waals surface area contributed by atoms with Crippen LogP contribution >= 0.6 is 0 Å². The predicted molar refractivity (Wildman–Crippen MR) is 65.9 cm³/mol. The third-order valence-corrected chi connectivity index (χ3v) is 3.89. The lowest BCUT2D eigenvalue weighted by Crippen LogP contribution is -2.21. The molecule has 0 aliphatic carbocycles. The summed E-state index contributed by atoms with van der Waals surface area (Å²) in [6.07, 6.45) is 3.26. The number of rotatable bonds is 3. The summed E-state index contributed by atoms with van der Waals surface area (Å²) in [5.41, 5.74) is 1.60. The molecule has 1 aromatic rings. The van der Waals surface area contributed by atoms with E-state index in [-0.39, 0.29) is 11.8 Å². The fourth-order valence-electron chi connectivity index (χ4n) is 1.69. The highest BCUT2D eigenvalue weighted by Gasteiger charge is 2.22. The molecule has 0 aromatic carbocycles. The Balaban J connectivity index is 2.19. The largest absolute Gasteiger partial charge is 0.493 e. The van der Waals surface area contributed by atoms with Crippen molar-refractivity contribution < 1.29 is 13.2 Å². The molecule has 6 heteroatoms. The van der Waals surface area contributed by atoms with Crippen LogP contribution in [0.5, 0.6) is 5.75 Å². The standard InChI is InChI=1S/C11H14N2O3S/c1-8-5-10(11(16-2)6-12-8)13-9-3-4-17(14,15)7-9/h3-6,9H,7H2,1-2H3,(H,12,13). The van der Waals surface area contributed by atoms with Crippen LogP contribution in [-0.2, 0) is 9.84 Å². The molecule has 17 heavy (non-hydrogen) atoms. The van der Waals surface area contributed by atoms with Crippen molar-refractivity contribution in [1.29, 1.82) is 0 Å². The van der Waals surface area contributed by atoms with E-state index in [2.05, 4.69) is 10.3 Å². The second-order valence-corrected chi connectivity index (χ2v) is 5.87. The summed E-state index contributed by atoms with van der Waals surface area (Å²) in [5.74, 6) is 0.686. The molecule has 92 valence electrons. The highest BCUT2D eigenvalue weighted by Crippen LogP contribution is 2.25. The van der Waals surface area contributed by atoms with Gasteiger partial charge in [0.25, 0.3) is 0 Å². The Morgan fingerprint density at radius 3 is 2.88 bits per heavy atom. The first-order valence-corrected chi connectivity index (χ1v) is 6.90. The summed E-state index contributed by atoms with van der Waals surface area (Å²) in [4.78, 5) is 4.11. The Morgan fingerprint density at radius 1 is 1.53 bits per heavy atom. The van der Waals surface area contributed by atoms with Crippen molar-refractivity contribution in [1.82, 2.24) is 4.98 Å². The third kappa shape index (κ3) is 2.76. The van der Waals surface area contributed by atoms with Gasteiger partial charge in [-0.3, -0.25) is 4.98 Å². The van der Waals surface area contributed by atoms with E-state index in [0.29, 0.717) is 5.75 Å². The van der Waals surface area contributed by atoms with Gasteiger partial charge in [-0.25, -0.2) is 8.42 Å². The van der Waals surface area contributed by atoms with Gasteiger partial charge in [-0.05, 0) is 13.0 Å². The molecule has 0 amide bonds. The molecule has 0 saturated heterocycles. The van der Waals surface area contributed by atoms with Crippen LogP contribution in [0.3, 0.4) is 0 Å². The van der Waals surface area contributed by atoms with Gasteiger partial charge in [-0.2, -0.15) is 0 Å². The lowest BCUT2D eigenvalue weighted by molar-refractivity contribution is 0.414. The Morgan fingerprint density at radius 2 is 2.29 bits per heavy atom. The van der Waals surface area contributed by atoms with Crippen LogP contribution in [0.25, 0.3) is 0 Å². The SMILES string of the molecule is COc1cnc(C)cc1NC1C=CS(=O)(=O)C1. The molecule has 1 aromatic heterocycles. The molecule has 1 N–H and O–H groups in total. The molecule has 5 nitrogen and oxygen atoms in total. The molecular weight excluding hydrogens is 240 g/mol. The normalized spacial score (nSPS) is 21.4. The van der Waals surface area contributed by atoms with E-state index in [9.17, 15) is 8.42 Å². The van der Waals surface area contributed by atoms with Crippen molar-refractivity contribution in [3.8, 4) is 5.75 Å². The van der Waals surface area contributed by atoms with Gasteiger partial charge in [0.2, 0.25) is 0 Å². The topological polar surface area (TPSA) is 68.3 Å². The van der Waals surface area contributed by atoms with Crippen molar-refractivity contribution in [2.24, 2.45) is 0 Å². The molecule has 1 aliphatic heterocycles. The van der Waals surface area contributed by atoms with Crippen molar-refractivity contribution in [2.45, 2.75) is 13.0 Å². The quantitative estimate of drug-likeness (QED) is 0.875. The Kier molecular flexibility index (Phi) is 3.06. The Labute approximate surface area is 100 Å². The maximum atomic E-state index is 11.3. The minimum atomic E-state index is -3.04. The zero-order valence-electron chi connectivity index (χ0n) is 9.67. The predicted octanol–water partition coefficient (Wildman–Crippen LogP) is 1.12. The number of aromatic nitrogens is 1. The minimum absolute atomic E-state index is 0.0809. The molecule has 0 saturated carbocycles. The summed E-state index contributed by atoms with van der Waals surface area (Å²) < 4.78 is 27.7. The van der Waals surface area contributed by atoms with Crippen LogP contribution < -0.4 is 10.1 Å². The Bertz CT molecular complexity index is 552. The fourth-order valence-corrected chi connectivity index (χ4v) is 2.92. The van der Waals surface area contributed by atoms with Gasteiger partial charge in [0.15, 0.2) is 15.6 Å². The second kappa shape index (κ2) is 4.37. The van der Waals surface area contributed by atoms with Crippen LogP contribution in [0.2, 0.25) is 0 Å². The first kappa shape index (κ1) is 11.9. The number of hydrogen-bond acceptors (Lipinski definition) is 5. The minimum Gasteiger partial charge on any atom is -0.493 e. The summed E-state index contributed by atoms with van der Waals surface area (Å²) in [6.45, 7) is 1.87. The highest BCUT2D eigenvalue weighted by atomic mass is 32.2. The molecule has 2 heterocycles. The zero-order valence-corrected chi connectivity index (χ0v) is 10.5. The molecule has 1 atom stereocenters. The lowest BCUT2D eigenvalue weighted by atomic mass is 10.2. The van der Waals surface area contributed by atoms with E-state index < -0.39 is 9.84 Å². The first-order chi connectivity index (χ1) is 8.00.